The van der Waals surface area contributed by atoms with Gasteiger partial charge in [0.2, 0.25) is 0 Å². The first kappa shape index (κ1) is 13.2. The first-order valence-electron chi connectivity index (χ1n) is 5.40. The second-order valence-electron chi connectivity index (χ2n) is 3.90. The van der Waals surface area contributed by atoms with Crippen molar-refractivity contribution in [2.24, 2.45) is 0 Å². The van der Waals surface area contributed by atoms with Gasteiger partial charge in [0.25, 0.3) is 10.0 Å². The molecule has 0 saturated heterocycles. The minimum atomic E-state index is -3.73. The smallest absolute Gasteiger partial charge is 0.264 e. The average molecular weight is 279 g/mol. The van der Waals surface area contributed by atoms with E-state index in [1.54, 1.807) is 18.3 Å². The summed E-state index contributed by atoms with van der Waals surface area (Å²) in [4.78, 5) is 3.88. The highest BCUT2D eigenvalue weighted by Crippen LogP contribution is 2.26. The van der Waals surface area contributed by atoms with Gasteiger partial charge in [-0.05, 0) is 30.3 Å². The van der Waals surface area contributed by atoms with Crippen molar-refractivity contribution in [3.8, 4) is 5.75 Å². The van der Waals surface area contributed by atoms with E-state index in [0.717, 1.165) is 4.31 Å². The summed E-state index contributed by atoms with van der Waals surface area (Å²) >= 11 is 0. The zero-order valence-corrected chi connectivity index (χ0v) is 11.0. The number of phenols is 1. The van der Waals surface area contributed by atoms with Gasteiger partial charge >= 0.3 is 0 Å². The maximum atomic E-state index is 12.4. The van der Waals surface area contributed by atoms with E-state index in [9.17, 15) is 13.5 Å². The summed E-state index contributed by atoms with van der Waals surface area (Å²) in [5, 5.41) is 9.32. The van der Waals surface area contributed by atoms with Crippen LogP contribution in [0.25, 0.3) is 0 Å². The summed E-state index contributed by atoms with van der Waals surface area (Å²) in [7, 11) is -2.30. The SMILES string of the molecule is CN(c1cccnc1)S(=O)(=O)c1ccc(O)c(N)c1. The number of nitrogens with two attached hydrogens (primary N) is 1. The lowest BCUT2D eigenvalue weighted by molar-refractivity contribution is 0.477. The molecule has 1 aromatic heterocycles. The Balaban J connectivity index is 2.45. The van der Waals surface area contributed by atoms with Crippen LogP contribution >= 0.6 is 0 Å². The highest BCUT2D eigenvalue weighted by molar-refractivity contribution is 7.92. The summed E-state index contributed by atoms with van der Waals surface area (Å²) in [5.41, 5.74) is 5.96. The number of anilines is 2. The Labute approximate surface area is 111 Å². The number of nitrogen functional groups attached to an aromatic ring is 1. The Kier molecular flexibility index (Phi) is 3.30. The maximum absolute atomic E-state index is 12.4. The molecule has 7 heteroatoms. The van der Waals surface area contributed by atoms with Crippen molar-refractivity contribution in [3.63, 3.8) is 0 Å². The third-order valence-electron chi connectivity index (χ3n) is 2.67. The largest absolute Gasteiger partial charge is 0.506 e. The number of pyridine rings is 1. The lowest BCUT2D eigenvalue weighted by Crippen LogP contribution is -2.26. The molecule has 0 aliphatic rings. The molecule has 0 atom stereocenters. The van der Waals surface area contributed by atoms with Crippen LogP contribution in [0.4, 0.5) is 11.4 Å². The van der Waals surface area contributed by atoms with Crippen LogP contribution in [-0.4, -0.2) is 25.6 Å². The zero-order valence-electron chi connectivity index (χ0n) is 10.2. The Morgan fingerprint density at radius 2 is 2.05 bits per heavy atom. The van der Waals surface area contributed by atoms with Gasteiger partial charge < -0.3 is 10.8 Å². The van der Waals surface area contributed by atoms with Crippen molar-refractivity contribution in [1.82, 2.24) is 4.98 Å². The number of phenolic OH excluding ortho intramolecular Hbond substituents is 1. The molecule has 0 unspecified atom stereocenters. The summed E-state index contributed by atoms with van der Waals surface area (Å²) in [6.45, 7) is 0. The molecule has 0 spiro atoms. The van der Waals surface area contributed by atoms with E-state index in [-0.39, 0.29) is 16.3 Å². The number of hydrogen-bond donors (Lipinski definition) is 2. The van der Waals surface area contributed by atoms with Crippen molar-refractivity contribution < 1.29 is 13.5 Å². The van der Waals surface area contributed by atoms with Crippen molar-refractivity contribution in [2.75, 3.05) is 17.1 Å². The highest BCUT2D eigenvalue weighted by atomic mass is 32.2. The Bertz CT molecular complexity index is 687. The normalized spacial score (nSPS) is 11.2. The minimum Gasteiger partial charge on any atom is -0.506 e. The number of nitrogens with zero attached hydrogens (tertiary/aromatic N) is 2. The van der Waals surface area contributed by atoms with Crippen LogP contribution in [0.15, 0.2) is 47.6 Å². The van der Waals surface area contributed by atoms with Crippen LogP contribution in [0.1, 0.15) is 0 Å². The van der Waals surface area contributed by atoms with Crippen LogP contribution in [0.2, 0.25) is 0 Å². The molecule has 0 aliphatic heterocycles. The molecule has 100 valence electrons. The molecule has 0 radical (unpaired) electrons. The molecule has 0 bridgehead atoms. The van der Waals surface area contributed by atoms with Gasteiger partial charge in [-0.2, -0.15) is 0 Å². The molecule has 6 nitrogen and oxygen atoms in total. The second-order valence-corrected chi connectivity index (χ2v) is 5.87. The van der Waals surface area contributed by atoms with Gasteiger partial charge in [-0.3, -0.25) is 9.29 Å². The van der Waals surface area contributed by atoms with Crippen molar-refractivity contribution >= 4 is 21.4 Å². The van der Waals surface area contributed by atoms with Gasteiger partial charge in [0.05, 0.1) is 22.5 Å². The molecular formula is C12H13N3O3S. The maximum Gasteiger partial charge on any atom is 0.264 e. The van der Waals surface area contributed by atoms with Gasteiger partial charge in [-0.15, -0.1) is 0 Å². The van der Waals surface area contributed by atoms with E-state index in [1.807, 2.05) is 0 Å². The van der Waals surface area contributed by atoms with E-state index in [2.05, 4.69) is 4.98 Å². The minimum absolute atomic E-state index is 0.00848. The van der Waals surface area contributed by atoms with Crippen LogP contribution in [-0.2, 0) is 10.0 Å². The molecule has 2 rings (SSSR count). The third-order valence-corrected chi connectivity index (χ3v) is 4.45. The van der Waals surface area contributed by atoms with Crippen molar-refractivity contribution in [2.45, 2.75) is 4.90 Å². The predicted octanol–water partition coefficient (Wildman–Crippen LogP) is 1.19. The standard InChI is InChI=1S/C12H13N3O3S/c1-15(9-3-2-6-14-8-9)19(17,18)10-4-5-12(16)11(13)7-10/h2-8,16H,13H2,1H3. The fourth-order valence-corrected chi connectivity index (χ4v) is 2.75. The van der Waals surface area contributed by atoms with E-state index < -0.39 is 10.0 Å². The number of aromatic nitrogens is 1. The Morgan fingerprint density at radius 1 is 1.32 bits per heavy atom. The predicted molar refractivity (Wildman–Crippen MR) is 72.3 cm³/mol. The molecule has 3 N–H and O–H groups in total. The fraction of sp³-hybridized carbons (Fsp3) is 0.0833. The molecule has 19 heavy (non-hydrogen) atoms. The molecule has 0 aliphatic carbocycles. The molecule has 1 aromatic carbocycles. The third kappa shape index (κ3) is 2.45. The van der Waals surface area contributed by atoms with Gasteiger partial charge in [0, 0.05) is 13.2 Å². The lowest BCUT2D eigenvalue weighted by atomic mass is 10.3. The van der Waals surface area contributed by atoms with Crippen LogP contribution in [0, 0.1) is 0 Å². The first-order chi connectivity index (χ1) is 8.93. The second kappa shape index (κ2) is 4.77. The number of rotatable bonds is 3. The highest BCUT2D eigenvalue weighted by Gasteiger charge is 2.22. The van der Waals surface area contributed by atoms with E-state index >= 15 is 0 Å². The van der Waals surface area contributed by atoms with Gasteiger partial charge in [-0.25, -0.2) is 8.42 Å². The number of aromatic hydroxyl groups is 1. The molecule has 0 amide bonds. The fourth-order valence-electron chi connectivity index (χ4n) is 1.53. The topological polar surface area (TPSA) is 96.5 Å². The van der Waals surface area contributed by atoms with E-state index in [0.29, 0.717) is 5.69 Å². The monoisotopic (exact) mass is 279 g/mol. The number of hydrogen-bond acceptors (Lipinski definition) is 5. The van der Waals surface area contributed by atoms with Crippen LogP contribution in [0.3, 0.4) is 0 Å². The summed E-state index contributed by atoms with van der Waals surface area (Å²) in [6.07, 6.45) is 3.00. The van der Waals surface area contributed by atoms with Crippen molar-refractivity contribution in [3.05, 3.63) is 42.7 Å². The van der Waals surface area contributed by atoms with Crippen molar-refractivity contribution in [1.29, 1.82) is 0 Å². The van der Waals surface area contributed by atoms with E-state index in [4.69, 9.17) is 5.73 Å². The summed E-state index contributed by atoms with van der Waals surface area (Å²) < 4.78 is 25.8. The quantitative estimate of drug-likeness (QED) is 0.650. The van der Waals surface area contributed by atoms with Crippen LogP contribution < -0.4 is 10.0 Å². The van der Waals surface area contributed by atoms with Gasteiger partial charge in [-0.1, -0.05) is 0 Å². The summed E-state index contributed by atoms with van der Waals surface area (Å²) in [5.74, 6) is -0.150. The number of sulfonamides is 1. The van der Waals surface area contributed by atoms with Crippen LogP contribution in [0.5, 0.6) is 5.75 Å². The average Bonchev–Trinajstić information content (AvgIpc) is 2.41. The molecular weight excluding hydrogens is 266 g/mol. The molecule has 0 fully saturated rings. The Morgan fingerprint density at radius 3 is 2.63 bits per heavy atom. The zero-order chi connectivity index (χ0) is 14.0. The number of benzene rings is 1. The van der Waals surface area contributed by atoms with Gasteiger partial charge in [0.15, 0.2) is 0 Å². The first-order valence-corrected chi connectivity index (χ1v) is 6.84. The molecule has 2 aromatic rings. The van der Waals surface area contributed by atoms with E-state index in [1.165, 1.54) is 31.4 Å². The Hall–Kier alpha value is -2.28. The molecule has 0 saturated carbocycles. The molecule has 1 heterocycles. The lowest BCUT2D eigenvalue weighted by Gasteiger charge is -2.19. The summed E-state index contributed by atoms with van der Waals surface area (Å²) in [6, 6.07) is 7.05. The van der Waals surface area contributed by atoms with Gasteiger partial charge in [0.1, 0.15) is 5.75 Å².